The van der Waals surface area contributed by atoms with Gasteiger partial charge in [0, 0.05) is 18.9 Å². The van der Waals surface area contributed by atoms with Crippen molar-refractivity contribution >= 4 is 23.4 Å². The van der Waals surface area contributed by atoms with Crippen LogP contribution in [0.3, 0.4) is 0 Å². The molecule has 0 atom stereocenters. The van der Waals surface area contributed by atoms with Gasteiger partial charge in [0.2, 0.25) is 0 Å². The molecule has 0 radical (unpaired) electrons. The van der Waals surface area contributed by atoms with E-state index in [0.29, 0.717) is 0 Å². The van der Waals surface area contributed by atoms with E-state index in [0.717, 1.165) is 17.6 Å². The van der Waals surface area contributed by atoms with Crippen molar-refractivity contribution in [2.45, 2.75) is 6.54 Å². The minimum absolute atomic E-state index is 0. The maximum absolute atomic E-state index is 4.00. The van der Waals surface area contributed by atoms with Crippen molar-refractivity contribution < 1.29 is 0 Å². The second-order valence-corrected chi connectivity index (χ2v) is 3.40. The second kappa shape index (κ2) is 4.32. The molecule has 0 amide bonds. The summed E-state index contributed by atoms with van der Waals surface area (Å²) in [6.45, 7) is 0.808. The van der Waals surface area contributed by atoms with Crippen LogP contribution in [0.1, 0.15) is 5.56 Å². The van der Waals surface area contributed by atoms with Crippen molar-refractivity contribution in [3.63, 3.8) is 0 Å². The number of nitrogens with zero attached hydrogens (tertiary/aromatic N) is 4. The number of hydrogen-bond acceptors (Lipinski definition) is 3. The number of rotatable bonds is 2. The van der Waals surface area contributed by atoms with E-state index in [9.17, 15) is 0 Å². The highest BCUT2D eigenvalue weighted by Crippen LogP contribution is 2.11. The van der Waals surface area contributed by atoms with Gasteiger partial charge in [-0.25, -0.2) is 4.98 Å². The molecule has 0 saturated heterocycles. The normalized spacial score (nSPS) is 10.2. The number of benzene rings is 1. The van der Waals surface area contributed by atoms with Crippen LogP contribution in [-0.4, -0.2) is 25.0 Å². The van der Waals surface area contributed by atoms with Gasteiger partial charge in [0.05, 0.1) is 11.8 Å². The highest BCUT2D eigenvalue weighted by atomic mass is 35.5. The molecule has 2 aromatic heterocycles. The first-order valence-electron chi connectivity index (χ1n) is 4.67. The van der Waals surface area contributed by atoms with Gasteiger partial charge < -0.3 is 4.57 Å². The summed E-state index contributed by atoms with van der Waals surface area (Å²) in [4.78, 5) is 4.00. The van der Waals surface area contributed by atoms with E-state index < -0.39 is 0 Å². The van der Waals surface area contributed by atoms with Gasteiger partial charge in [-0.3, -0.25) is 5.10 Å². The summed E-state index contributed by atoms with van der Waals surface area (Å²) >= 11 is 0. The first kappa shape index (κ1) is 10.6. The van der Waals surface area contributed by atoms with E-state index in [-0.39, 0.29) is 12.4 Å². The molecular formula is C10H10ClN5. The van der Waals surface area contributed by atoms with E-state index in [1.807, 2.05) is 22.9 Å². The van der Waals surface area contributed by atoms with Crippen molar-refractivity contribution in [2.75, 3.05) is 0 Å². The summed E-state index contributed by atoms with van der Waals surface area (Å²) in [5, 5.41) is 10.5. The predicted octanol–water partition coefficient (Wildman–Crippen LogP) is 1.62. The van der Waals surface area contributed by atoms with E-state index >= 15 is 0 Å². The third-order valence-corrected chi connectivity index (χ3v) is 2.31. The number of imidazole rings is 1. The van der Waals surface area contributed by atoms with Gasteiger partial charge in [-0.05, 0) is 17.7 Å². The lowest BCUT2D eigenvalue weighted by atomic mass is 10.2. The van der Waals surface area contributed by atoms with Gasteiger partial charge in [0.25, 0.3) is 0 Å². The third kappa shape index (κ3) is 1.90. The number of H-pyrrole nitrogens is 1. The molecule has 5 nitrogen and oxygen atoms in total. The monoisotopic (exact) mass is 235 g/mol. The van der Waals surface area contributed by atoms with Crippen LogP contribution >= 0.6 is 12.4 Å². The van der Waals surface area contributed by atoms with Gasteiger partial charge in [0.1, 0.15) is 5.52 Å². The van der Waals surface area contributed by atoms with Crippen molar-refractivity contribution in [1.82, 2.24) is 25.0 Å². The van der Waals surface area contributed by atoms with Gasteiger partial charge in [-0.2, -0.15) is 0 Å². The largest absolute Gasteiger partial charge is 0.333 e. The summed E-state index contributed by atoms with van der Waals surface area (Å²) in [7, 11) is 0. The van der Waals surface area contributed by atoms with Crippen LogP contribution in [-0.2, 0) is 6.54 Å². The van der Waals surface area contributed by atoms with Crippen LogP contribution in [0.15, 0.2) is 36.9 Å². The maximum atomic E-state index is 4.00. The zero-order chi connectivity index (χ0) is 10.1. The number of aromatic amines is 1. The average Bonchev–Trinajstić information content (AvgIpc) is 2.87. The molecule has 0 spiro atoms. The molecule has 82 valence electrons. The number of hydrogen-bond donors (Lipinski definition) is 1. The lowest BCUT2D eigenvalue weighted by molar-refractivity contribution is 0.798. The number of nitrogens with one attached hydrogen (secondary N) is 1. The highest BCUT2D eigenvalue weighted by molar-refractivity contribution is 5.85. The fourth-order valence-electron chi connectivity index (χ4n) is 1.58. The van der Waals surface area contributed by atoms with E-state index in [2.05, 4.69) is 26.5 Å². The molecule has 16 heavy (non-hydrogen) atoms. The molecule has 0 aliphatic rings. The molecule has 1 aromatic carbocycles. The maximum Gasteiger partial charge on any atom is 0.113 e. The summed E-state index contributed by atoms with van der Waals surface area (Å²) < 4.78 is 2.02. The Labute approximate surface area is 97.9 Å². The zero-order valence-electron chi connectivity index (χ0n) is 8.37. The summed E-state index contributed by atoms with van der Waals surface area (Å²) in [6, 6.07) is 6.07. The molecule has 0 bridgehead atoms. The van der Waals surface area contributed by atoms with Crippen LogP contribution in [0.25, 0.3) is 11.0 Å². The topological polar surface area (TPSA) is 59.4 Å². The summed E-state index contributed by atoms with van der Waals surface area (Å²) in [5.41, 5.74) is 3.05. The molecule has 3 aromatic rings. The first-order valence-corrected chi connectivity index (χ1v) is 4.67. The Morgan fingerprint density at radius 2 is 2.25 bits per heavy atom. The molecule has 0 unspecified atom stereocenters. The molecule has 0 aliphatic carbocycles. The van der Waals surface area contributed by atoms with Crippen molar-refractivity contribution in [1.29, 1.82) is 0 Å². The quantitative estimate of drug-likeness (QED) is 0.734. The Balaban J connectivity index is 0.000000963. The minimum Gasteiger partial charge on any atom is -0.333 e. The molecule has 0 fully saturated rings. The standard InChI is InChI=1S/C10H9N5.ClH/c1-2-9-10(13-14-12-9)5-8(1)6-15-4-3-11-7-15;/h1-5,7H,6H2,(H,12,13,14);1H. The van der Waals surface area contributed by atoms with E-state index in [1.54, 1.807) is 12.5 Å². The van der Waals surface area contributed by atoms with Gasteiger partial charge in [-0.15, -0.1) is 17.5 Å². The van der Waals surface area contributed by atoms with Crippen molar-refractivity contribution in [3.05, 3.63) is 42.5 Å². The Morgan fingerprint density at radius 1 is 1.31 bits per heavy atom. The smallest absolute Gasteiger partial charge is 0.113 e. The van der Waals surface area contributed by atoms with Gasteiger partial charge in [0.15, 0.2) is 0 Å². The summed E-state index contributed by atoms with van der Waals surface area (Å²) in [6.07, 6.45) is 5.51. The zero-order valence-corrected chi connectivity index (χ0v) is 9.18. The Kier molecular flexibility index (Phi) is 2.87. The van der Waals surface area contributed by atoms with Crippen LogP contribution in [0.2, 0.25) is 0 Å². The van der Waals surface area contributed by atoms with E-state index in [1.165, 1.54) is 5.56 Å². The molecule has 0 aliphatic heterocycles. The summed E-state index contributed by atoms with van der Waals surface area (Å²) in [5.74, 6) is 0. The van der Waals surface area contributed by atoms with Gasteiger partial charge >= 0.3 is 0 Å². The SMILES string of the molecule is Cl.c1cn(Cc2ccc3[nH]nnc3c2)cn1. The van der Waals surface area contributed by atoms with Crippen molar-refractivity contribution in [3.8, 4) is 0 Å². The molecule has 0 saturated carbocycles. The Morgan fingerprint density at radius 3 is 3.06 bits per heavy atom. The molecule has 2 heterocycles. The first-order chi connectivity index (χ1) is 7.42. The van der Waals surface area contributed by atoms with Crippen LogP contribution in [0.4, 0.5) is 0 Å². The fourth-order valence-corrected chi connectivity index (χ4v) is 1.58. The lowest BCUT2D eigenvalue weighted by Crippen LogP contribution is -1.95. The average molecular weight is 236 g/mol. The number of aromatic nitrogens is 5. The molecule has 1 N–H and O–H groups in total. The molecular weight excluding hydrogens is 226 g/mol. The van der Waals surface area contributed by atoms with E-state index in [4.69, 9.17) is 0 Å². The fraction of sp³-hybridized carbons (Fsp3) is 0.100. The number of halogens is 1. The van der Waals surface area contributed by atoms with Crippen LogP contribution < -0.4 is 0 Å². The Bertz CT molecular complexity index is 572. The minimum atomic E-state index is 0. The number of fused-ring (bicyclic) bond motifs is 1. The van der Waals surface area contributed by atoms with Crippen molar-refractivity contribution in [2.24, 2.45) is 0 Å². The lowest BCUT2D eigenvalue weighted by Gasteiger charge is -2.01. The van der Waals surface area contributed by atoms with Gasteiger partial charge in [-0.1, -0.05) is 11.3 Å². The molecule has 3 rings (SSSR count). The predicted molar refractivity (Wildman–Crippen MR) is 62.5 cm³/mol. The third-order valence-electron chi connectivity index (χ3n) is 2.31. The Hall–Kier alpha value is -1.88. The molecule has 6 heteroatoms. The second-order valence-electron chi connectivity index (χ2n) is 3.40. The van der Waals surface area contributed by atoms with Crippen LogP contribution in [0.5, 0.6) is 0 Å². The highest BCUT2D eigenvalue weighted by Gasteiger charge is 1.99. The van der Waals surface area contributed by atoms with Crippen LogP contribution in [0, 0.1) is 0 Å².